The van der Waals surface area contributed by atoms with Crippen LogP contribution in [0.25, 0.3) is 0 Å². The molecule has 0 saturated heterocycles. The molecule has 1 aromatic heterocycles. The van der Waals surface area contributed by atoms with Crippen LogP contribution in [0.15, 0.2) is 42.0 Å². The first kappa shape index (κ1) is 13.7. The monoisotopic (exact) mass is 273 g/mol. The quantitative estimate of drug-likeness (QED) is 0.843. The summed E-state index contributed by atoms with van der Waals surface area (Å²) in [6.07, 6.45) is -0.0165. The van der Waals surface area contributed by atoms with Gasteiger partial charge in [-0.3, -0.25) is 0 Å². The number of nitrogens with zero attached hydrogens (tertiary/aromatic N) is 2. The van der Waals surface area contributed by atoms with E-state index in [-0.39, 0.29) is 12.2 Å². The van der Waals surface area contributed by atoms with Crippen molar-refractivity contribution in [3.63, 3.8) is 0 Å². The van der Waals surface area contributed by atoms with Crippen LogP contribution < -0.4 is 5.73 Å². The Labute approximate surface area is 106 Å². The molecule has 0 radical (unpaired) electrons. The van der Waals surface area contributed by atoms with Crippen molar-refractivity contribution < 1.29 is 17.6 Å². The number of halogens is 4. The molecule has 102 valence electrons. The Bertz CT molecular complexity index is 507. The van der Waals surface area contributed by atoms with E-state index in [0.717, 1.165) is 12.2 Å². The van der Waals surface area contributed by atoms with E-state index in [0.29, 0.717) is 0 Å². The van der Waals surface area contributed by atoms with E-state index in [1.807, 2.05) is 0 Å². The molecule has 0 aliphatic heterocycles. The van der Waals surface area contributed by atoms with E-state index >= 15 is 0 Å². The molecule has 0 amide bonds. The minimum Gasteiger partial charge on any atom is -0.321 e. The second-order valence-electron chi connectivity index (χ2n) is 4.16. The van der Waals surface area contributed by atoms with E-state index in [9.17, 15) is 17.6 Å². The third kappa shape index (κ3) is 2.98. The summed E-state index contributed by atoms with van der Waals surface area (Å²) in [6, 6.07) is 0.854. The summed E-state index contributed by atoms with van der Waals surface area (Å²) in [5, 5.41) is 0. The summed E-state index contributed by atoms with van der Waals surface area (Å²) in [4.78, 5) is 7.83. The molecule has 1 aromatic rings. The van der Waals surface area contributed by atoms with Crippen LogP contribution in [-0.4, -0.2) is 16.1 Å². The van der Waals surface area contributed by atoms with Gasteiger partial charge in [-0.05, 0) is 18.6 Å². The predicted molar refractivity (Wildman–Crippen MR) is 60.4 cm³/mol. The van der Waals surface area contributed by atoms with Crippen LogP contribution in [0, 0.1) is 5.92 Å². The fourth-order valence-corrected chi connectivity index (χ4v) is 1.87. The summed E-state index contributed by atoms with van der Waals surface area (Å²) in [5.74, 6) is -1.61. The molecule has 0 spiro atoms. The lowest BCUT2D eigenvalue weighted by atomic mass is 9.89. The number of nitrogens with two attached hydrogens (primary N) is 1. The highest BCUT2D eigenvalue weighted by Crippen LogP contribution is 2.38. The van der Waals surface area contributed by atoms with Crippen molar-refractivity contribution in [1.29, 1.82) is 0 Å². The highest BCUT2D eigenvalue weighted by Gasteiger charge is 2.39. The molecular weight excluding hydrogens is 262 g/mol. The molecule has 1 unspecified atom stereocenters. The lowest BCUT2D eigenvalue weighted by Gasteiger charge is -2.23. The van der Waals surface area contributed by atoms with Gasteiger partial charge in [-0.25, -0.2) is 14.4 Å². The SMILES string of the molecule is N[C@H](c1ncccn1)C1C=C(F)C(C(F)(F)F)=CC1. The van der Waals surface area contributed by atoms with Crippen molar-refractivity contribution in [3.8, 4) is 0 Å². The van der Waals surface area contributed by atoms with E-state index in [1.54, 1.807) is 6.07 Å². The molecule has 0 aromatic carbocycles. The largest absolute Gasteiger partial charge is 0.418 e. The molecule has 0 fully saturated rings. The molecule has 0 saturated carbocycles. The van der Waals surface area contributed by atoms with Gasteiger partial charge in [0.05, 0.1) is 11.6 Å². The third-order valence-corrected chi connectivity index (χ3v) is 2.86. The van der Waals surface area contributed by atoms with Crippen LogP contribution in [0.5, 0.6) is 0 Å². The summed E-state index contributed by atoms with van der Waals surface area (Å²) in [5.41, 5.74) is 4.59. The second-order valence-corrected chi connectivity index (χ2v) is 4.16. The highest BCUT2D eigenvalue weighted by molar-refractivity contribution is 5.34. The van der Waals surface area contributed by atoms with Crippen molar-refractivity contribution >= 4 is 0 Å². The van der Waals surface area contributed by atoms with Gasteiger partial charge in [0, 0.05) is 18.3 Å². The summed E-state index contributed by atoms with van der Waals surface area (Å²) in [6.45, 7) is 0. The average molecular weight is 273 g/mol. The summed E-state index contributed by atoms with van der Waals surface area (Å²) >= 11 is 0. The zero-order valence-electron chi connectivity index (χ0n) is 9.73. The molecule has 1 aliphatic rings. The fraction of sp³-hybridized carbons (Fsp3) is 0.333. The number of hydrogen-bond donors (Lipinski definition) is 1. The van der Waals surface area contributed by atoms with Crippen molar-refractivity contribution in [3.05, 3.63) is 47.8 Å². The van der Waals surface area contributed by atoms with Crippen LogP contribution in [0.3, 0.4) is 0 Å². The third-order valence-electron chi connectivity index (χ3n) is 2.86. The molecule has 1 aliphatic carbocycles. The van der Waals surface area contributed by atoms with Gasteiger partial charge in [-0.2, -0.15) is 13.2 Å². The molecular formula is C12H11F4N3. The molecule has 2 atom stereocenters. The molecule has 1 heterocycles. The Balaban J connectivity index is 2.17. The Hall–Kier alpha value is -1.76. The number of alkyl halides is 3. The summed E-state index contributed by atoms with van der Waals surface area (Å²) in [7, 11) is 0. The van der Waals surface area contributed by atoms with Crippen molar-refractivity contribution in [2.45, 2.75) is 18.6 Å². The topological polar surface area (TPSA) is 51.8 Å². The Morgan fingerprint density at radius 2 is 1.89 bits per heavy atom. The minimum atomic E-state index is -4.68. The fourth-order valence-electron chi connectivity index (χ4n) is 1.87. The first-order valence-electron chi connectivity index (χ1n) is 5.57. The van der Waals surface area contributed by atoms with E-state index in [1.165, 1.54) is 12.4 Å². The van der Waals surface area contributed by atoms with Gasteiger partial charge < -0.3 is 5.73 Å². The number of allylic oxidation sites excluding steroid dienone is 3. The standard InChI is InChI=1S/C12H11F4N3/c13-9-6-7(2-3-8(9)12(14,15)16)10(17)11-18-4-1-5-19-11/h1,3-7,10H,2,17H2/t7?,10-/m0/s1. The zero-order valence-corrected chi connectivity index (χ0v) is 9.73. The van der Waals surface area contributed by atoms with E-state index in [2.05, 4.69) is 9.97 Å². The second kappa shape index (κ2) is 5.08. The number of rotatable bonds is 2. The van der Waals surface area contributed by atoms with Crippen LogP contribution >= 0.6 is 0 Å². The van der Waals surface area contributed by atoms with E-state index < -0.39 is 29.5 Å². The van der Waals surface area contributed by atoms with Gasteiger partial charge in [0.15, 0.2) is 0 Å². The van der Waals surface area contributed by atoms with Gasteiger partial charge in [-0.1, -0.05) is 6.08 Å². The number of aromatic nitrogens is 2. The highest BCUT2D eigenvalue weighted by atomic mass is 19.4. The Morgan fingerprint density at radius 1 is 1.26 bits per heavy atom. The van der Waals surface area contributed by atoms with E-state index in [4.69, 9.17) is 5.73 Å². The van der Waals surface area contributed by atoms with Gasteiger partial charge in [0.25, 0.3) is 0 Å². The molecule has 7 heteroatoms. The van der Waals surface area contributed by atoms with Gasteiger partial charge in [-0.15, -0.1) is 0 Å². The first-order valence-corrected chi connectivity index (χ1v) is 5.57. The summed E-state index contributed by atoms with van der Waals surface area (Å²) < 4.78 is 50.8. The molecule has 2 N–H and O–H groups in total. The van der Waals surface area contributed by atoms with Crippen LogP contribution in [0.1, 0.15) is 18.3 Å². The smallest absolute Gasteiger partial charge is 0.321 e. The lowest BCUT2D eigenvalue weighted by molar-refractivity contribution is -0.0917. The predicted octanol–water partition coefficient (Wildman–Crippen LogP) is 2.84. The normalized spacial score (nSPS) is 21.6. The van der Waals surface area contributed by atoms with Crippen molar-refractivity contribution in [2.24, 2.45) is 11.7 Å². The molecule has 19 heavy (non-hydrogen) atoms. The van der Waals surface area contributed by atoms with Crippen LogP contribution in [0.2, 0.25) is 0 Å². The van der Waals surface area contributed by atoms with Crippen molar-refractivity contribution in [1.82, 2.24) is 9.97 Å². The van der Waals surface area contributed by atoms with Crippen LogP contribution in [-0.2, 0) is 0 Å². The first-order chi connectivity index (χ1) is 8.89. The maximum atomic E-state index is 13.4. The molecule has 3 nitrogen and oxygen atoms in total. The van der Waals surface area contributed by atoms with Gasteiger partial charge in [0.1, 0.15) is 11.7 Å². The average Bonchev–Trinajstić information content (AvgIpc) is 2.37. The van der Waals surface area contributed by atoms with Gasteiger partial charge in [0.2, 0.25) is 0 Å². The van der Waals surface area contributed by atoms with Crippen LogP contribution in [0.4, 0.5) is 17.6 Å². The molecule has 0 bridgehead atoms. The van der Waals surface area contributed by atoms with Gasteiger partial charge >= 0.3 is 6.18 Å². The lowest BCUT2D eigenvalue weighted by Crippen LogP contribution is -2.25. The Morgan fingerprint density at radius 3 is 2.42 bits per heavy atom. The number of hydrogen-bond acceptors (Lipinski definition) is 3. The Kier molecular flexibility index (Phi) is 3.66. The maximum Gasteiger partial charge on any atom is 0.418 e. The minimum absolute atomic E-state index is 0.00167. The zero-order chi connectivity index (χ0) is 14.0. The maximum absolute atomic E-state index is 13.4. The molecule has 2 rings (SSSR count). The van der Waals surface area contributed by atoms with Crippen molar-refractivity contribution in [2.75, 3.05) is 0 Å².